The number of thiophene rings is 1. The van der Waals surface area contributed by atoms with Crippen LogP contribution in [0.2, 0.25) is 0 Å². The SMILES string of the molecule is CCOC(=O)c1c(C)nc(-c2sc3nc(-c4ccccc4)nc(Nc4nc(C)cc(C)n4)c3c2C)nc1N. The van der Waals surface area contributed by atoms with Crippen LogP contribution in [0.25, 0.3) is 32.3 Å². The number of benzene rings is 1. The Balaban J connectivity index is 1.69. The fraction of sp³-hybridized carbons (Fsp3) is 0.222. The van der Waals surface area contributed by atoms with Crippen molar-refractivity contribution in [3.63, 3.8) is 0 Å². The Morgan fingerprint density at radius 2 is 1.66 bits per heavy atom. The molecular weight excluding hydrogens is 500 g/mol. The number of carbonyl (C=O) groups is 1. The molecule has 0 saturated heterocycles. The van der Waals surface area contributed by atoms with Gasteiger partial charge in [-0.15, -0.1) is 11.3 Å². The van der Waals surface area contributed by atoms with E-state index in [-0.39, 0.29) is 18.0 Å². The van der Waals surface area contributed by atoms with E-state index >= 15 is 0 Å². The van der Waals surface area contributed by atoms with Crippen LogP contribution >= 0.6 is 11.3 Å². The molecule has 4 aromatic heterocycles. The average Bonchev–Trinajstić information content (AvgIpc) is 3.20. The summed E-state index contributed by atoms with van der Waals surface area (Å²) in [5.41, 5.74) is 10.3. The van der Waals surface area contributed by atoms with E-state index < -0.39 is 5.97 Å². The van der Waals surface area contributed by atoms with Crippen molar-refractivity contribution in [2.45, 2.75) is 34.6 Å². The molecule has 0 amide bonds. The molecule has 10 nitrogen and oxygen atoms in total. The summed E-state index contributed by atoms with van der Waals surface area (Å²) in [4.78, 5) is 41.7. The molecule has 11 heteroatoms. The highest BCUT2D eigenvalue weighted by Crippen LogP contribution is 2.41. The minimum Gasteiger partial charge on any atom is -0.462 e. The van der Waals surface area contributed by atoms with Crippen LogP contribution in [0.4, 0.5) is 17.6 Å². The zero-order valence-corrected chi connectivity index (χ0v) is 22.5. The van der Waals surface area contributed by atoms with Gasteiger partial charge in [-0.25, -0.2) is 34.7 Å². The molecule has 0 radical (unpaired) electrons. The number of carbonyl (C=O) groups excluding carboxylic acids is 1. The van der Waals surface area contributed by atoms with E-state index in [4.69, 9.17) is 20.4 Å². The minimum atomic E-state index is -0.541. The van der Waals surface area contributed by atoms with Crippen LogP contribution in [0.3, 0.4) is 0 Å². The third kappa shape index (κ3) is 4.75. The van der Waals surface area contributed by atoms with Crippen molar-refractivity contribution < 1.29 is 9.53 Å². The molecule has 5 aromatic rings. The third-order valence-corrected chi connectivity index (χ3v) is 7.02. The van der Waals surface area contributed by atoms with Gasteiger partial charge in [-0.3, -0.25) is 0 Å². The van der Waals surface area contributed by atoms with Crippen molar-refractivity contribution in [3.8, 4) is 22.1 Å². The van der Waals surface area contributed by atoms with Crippen molar-refractivity contribution in [1.29, 1.82) is 0 Å². The van der Waals surface area contributed by atoms with E-state index in [1.165, 1.54) is 11.3 Å². The lowest BCUT2D eigenvalue weighted by atomic mass is 10.1. The summed E-state index contributed by atoms with van der Waals surface area (Å²) < 4.78 is 5.12. The van der Waals surface area contributed by atoms with Gasteiger partial charge in [0.25, 0.3) is 0 Å². The number of rotatable bonds is 6. The van der Waals surface area contributed by atoms with Gasteiger partial charge in [0.15, 0.2) is 11.6 Å². The Bertz CT molecular complexity index is 1640. The second kappa shape index (κ2) is 10.1. The van der Waals surface area contributed by atoms with Crippen LogP contribution in [0.5, 0.6) is 0 Å². The fourth-order valence-corrected chi connectivity index (χ4v) is 5.31. The molecule has 0 atom stereocenters. The molecule has 0 unspecified atom stereocenters. The number of aromatic nitrogens is 6. The quantitative estimate of drug-likeness (QED) is 0.278. The standard InChI is InChI=1S/C27H26N8O2S/c1-6-37-26(36)19-16(5)31-24(32-21(19)28)20-15(4)18-23(35-27-29-13(2)12-14(3)30-27)33-22(34-25(18)38-20)17-10-8-7-9-11-17/h7-12H,6H2,1-5H3,(H2,28,31,32)(H,29,30,33,34,35). The predicted molar refractivity (Wildman–Crippen MR) is 149 cm³/mol. The summed E-state index contributed by atoms with van der Waals surface area (Å²) in [6, 6.07) is 11.7. The molecule has 4 heterocycles. The summed E-state index contributed by atoms with van der Waals surface area (Å²) in [7, 11) is 0. The highest BCUT2D eigenvalue weighted by Gasteiger charge is 2.23. The van der Waals surface area contributed by atoms with Crippen molar-refractivity contribution >= 4 is 45.1 Å². The van der Waals surface area contributed by atoms with E-state index in [1.807, 2.05) is 57.2 Å². The number of hydrogen-bond donors (Lipinski definition) is 2. The van der Waals surface area contributed by atoms with E-state index in [0.717, 1.165) is 37.6 Å². The Kier molecular flexibility index (Phi) is 6.68. The van der Waals surface area contributed by atoms with Gasteiger partial charge in [-0.2, -0.15) is 0 Å². The van der Waals surface area contributed by atoms with Gasteiger partial charge >= 0.3 is 5.97 Å². The maximum absolute atomic E-state index is 12.4. The molecule has 0 aliphatic carbocycles. The summed E-state index contributed by atoms with van der Waals surface area (Å²) in [5, 5.41) is 4.12. The van der Waals surface area contributed by atoms with Crippen molar-refractivity contribution in [2.75, 3.05) is 17.7 Å². The van der Waals surface area contributed by atoms with Crippen molar-refractivity contribution in [2.24, 2.45) is 0 Å². The Hall–Kier alpha value is -4.51. The molecule has 0 saturated carbocycles. The van der Waals surface area contributed by atoms with Crippen LogP contribution < -0.4 is 11.1 Å². The first-order valence-corrected chi connectivity index (χ1v) is 12.8. The third-order valence-electron chi connectivity index (χ3n) is 5.84. The number of esters is 1. The number of nitrogen functional groups attached to an aromatic ring is 1. The maximum atomic E-state index is 12.4. The van der Waals surface area contributed by atoms with E-state index in [1.54, 1.807) is 13.8 Å². The average molecular weight is 527 g/mol. The maximum Gasteiger partial charge on any atom is 0.343 e. The van der Waals surface area contributed by atoms with Gasteiger partial charge in [0.05, 0.1) is 22.6 Å². The topological polar surface area (TPSA) is 142 Å². The molecule has 0 spiro atoms. The second-order valence-electron chi connectivity index (χ2n) is 8.71. The summed E-state index contributed by atoms with van der Waals surface area (Å²) in [5.74, 6) is 1.52. The van der Waals surface area contributed by atoms with Crippen LogP contribution in [0.15, 0.2) is 36.4 Å². The molecule has 0 bridgehead atoms. The van der Waals surface area contributed by atoms with Gasteiger partial charge in [0.1, 0.15) is 22.0 Å². The molecule has 1 aromatic carbocycles. The van der Waals surface area contributed by atoms with Crippen LogP contribution in [-0.2, 0) is 4.74 Å². The smallest absolute Gasteiger partial charge is 0.343 e. The van der Waals surface area contributed by atoms with Gasteiger partial charge in [-0.1, -0.05) is 30.3 Å². The van der Waals surface area contributed by atoms with Crippen LogP contribution in [-0.4, -0.2) is 42.5 Å². The number of nitrogens with zero attached hydrogens (tertiary/aromatic N) is 6. The Morgan fingerprint density at radius 1 is 0.947 bits per heavy atom. The van der Waals surface area contributed by atoms with E-state index in [2.05, 4.69) is 25.3 Å². The molecular formula is C27H26N8O2S. The van der Waals surface area contributed by atoms with Crippen LogP contribution in [0.1, 0.15) is 39.9 Å². The van der Waals surface area contributed by atoms with Crippen molar-refractivity contribution in [1.82, 2.24) is 29.9 Å². The van der Waals surface area contributed by atoms with Crippen LogP contribution in [0, 0.1) is 27.7 Å². The van der Waals surface area contributed by atoms with Gasteiger partial charge in [0, 0.05) is 17.0 Å². The molecule has 38 heavy (non-hydrogen) atoms. The zero-order valence-electron chi connectivity index (χ0n) is 21.7. The number of fused-ring (bicyclic) bond motifs is 1. The highest BCUT2D eigenvalue weighted by atomic mass is 32.1. The first kappa shape index (κ1) is 25.2. The Labute approximate surface area is 223 Å². The molecule has 3 N–H and O–H groups in total. The molecule has 0 aliphatic rings. The molecule has 0 fully saturated rings. The minimum absolute atomic E-state index is 0.0702. The molecule has 0 aliphatic heterocycles. The number of hydrogen-bond acceptors (Lipinski definition) is 11. The summed E-state index contributed by atoms with van der Waals surface area (Å²) >= 11 is 1.43. The Morgan fingerprint density at radius 3 is 2.32 bits per heavy atom. The molecule has 192 valence electrons. The van der Waals surface area contributed by atoms with E-state index in [0.29, 0.717) is 29.1 Å². The predicted octanol–water partition coefficient (Wildman–Crippen LogP) is 5.34. The number of aryl methyl sites for hydroxylation is 4. The van der Waals surface area contributed by atoms with Gasteiger partial charge in [-0.05, 0) is 46.2 Å². The number of nitrogens with two attached hydrogens (primary N) is 1. The number of nitrogens with one attached hydrogen (secondary N) is 1. The number of ether oxygens (including phenoxy) is 1. The fourth-order valence-electron chi connectivity index (χ4n) is 4.20. The first-order valence-electron chi connectivity index (χ1n) is 12.0. The van der Waals surface area contributed by atoms with Gasteiger partial charge < -0.3 is 15.8 Å². The van der Waals surface area contributed by atoms with E-state index in [9.17, 15) is 4.79 Å². The number of anilines is 3. The van der Waals surface area contributed by atoms with Gasteiger partial charge in [0.2, 0.25) is 5.95 Å². The first-order chi connectivity index (χ1) is 18.2. The zero-order chi connectivity index (χ0) is 27.0. The second-order valence-corrected chi connectivity index (χ2v) is 9.71. The molecule has 5 rings (SSSR count). The normalized spacial score (nSPS) is 11.1. The lowest BCUT2D eigenvalue weighted by Gasteiger charge is -2.10. The highest BCUT2D eigenvalue weighted by molar-refractivity contribution is 7.22. The monoisotopic (exact) mass is 526 g/mol. The lowest BCUT2D eigenvalue weighted by molar-refractivity contribution is 0.0526. The largest absolute Gasteiger partial charge is 0.462 e. The van der Waals surface area contributed by atoms with Crippen molar-refractivity contribution in [3.05, 3.63) is 64.6 Å². The summed E-state index contributed by atoms with van der Waals surface area (Å²) in [6.07, 6.45) is 0. The summed E-state index contributed by atoms with van der Waals surface area (Å²) in [6.45, 7) is 9.48. The lowest BCUT2D eigenvalue weighted by Crippen LogP contribution is -2.13.